The van der Waals surface area contributed by atoms with E-state index in [0.29, 0.717) is 11.3 Å². The van der Waals surface area contributed by atoms with Gasteiger partial charge in [-0.2, -0.15) is 8.42 Å². The lowest BCUT2D eigenvalue weighted by molar-refractivity contribution is -0.0113. The Hall–Kier alpha value is -0.350. The average molecular weight is 230 g/mol. The SMILES string of the molecule is CC1(C)[C@H]2CC=C(COS(C)(=O)=O)[C@H]1C2. The van der Waals surface area contributed by atoms with E-state index >= 15 is 0 Å². The van der Waals surface area contributed by atoms with Crippen LogP contribution in [0.25, 0.3) is 0 Å². The van der Waals surface area contributed by atoms with E-state index in [2.05, 4.69) is 19.9 Å². The summed E-state index contributed by atoms with van der Waals surface area (Å²) in [6, 6.07) is 0. The molecule has 3 rings (SSSR count). The molecular formula is C11H18O3S. The molecule has 0 spiro atoms. The van der Waals surface area contributed by atoms with E-state index in [0.717, 1.165) is 18.6 Å². The van der Waals surface area contributed by atoms with Crippen LogP contribution in [0.5, 0.6) is 0 Å². The number of fused-ring (bicyclic) bond motifs is 1. The van der Waals surface area contributed by atoms with Crippen LogP contribution in [0.1, 0.15) is 26.7 Å². The summed E-state index contributed by atoms with van der Waals surface area (Å²) in [7, 11) is -3.31. The zero-order chi connectivity index (χ0) is 11.3. The normalized spacial score (nSPS) is 33.1. The van der Waals surface area contributed by atoms with Crippen molar-refractivity contribution in [3.05, 3.63) is 11.6 Å². The Morgan fingerprint density at radius 2 is 2.20 bits per heavy atom. The molecule has 0 amide bonds. The Kier molecular flexibility index (Phi) is 2.47. The molecule has 0 saturated heterocycles. The van der Waals surface area contributed by atoms with Gasteiger partial charge in [0.2, 0.25) is 0 Å². The quantitative estimate of drug-likeness (QED) is 0.550. The first-order valence-corrected chi connectivity index (χ1v) is 7.15. The lowest BCUT2D eigenvalue weighted by atomic mass is 9.49. The zero-order valence-corrected chi connectivity index (χ0v) is 10.3. The van der Waals surface area contributed by atoms with Crippen molar-refractivity contribution in [2.45, 2.75) is 26.7 Å². The first-order chi connectivity index (χ1) is 6.81. The maximum atomic E-state index is 10.9. The first-order valence-electron chi connectivity index (χ1n) is 5.34. The molecule has 0 aromatic rings. The maximum Gasteiger partial charge on any atom is 0.264 e. The summed E-state index contributed by atoms with van der Waals surface area (Å²) >= 11 is 0. The highest BCUT2D eigenvalue weighted by Crippen LogP contribution is 2.59. The predicted molar refractivity (Wildman–Crippen MR) is 58.9 cm³/mol. The molecule has 3 aliphatic carbocycles. The van der Waals surface area contributed by atoms with Crippen molar-refractivity contribution >= 4 is 10.1 Å². The van der Waals surface area contributed by atoms with Gasteiger partial charge >= 0.3 is 0 Å². The van der Waals surface area contributed by atoms with Crippen molar-refractivity contribution in [1.29, 1.82) is 0 Å². The van der Waals surface area contributed by atoms with Crippen LogP contribution in [0.15, 0.2) is 11.6 Å². The fourth-order valence-electron chi connectivity index (χ4n) is 2.82. The smallest absolute Gasteiger partial charge is 0.264 e. The standard InChI is InChI=1S/C11H18O3S/c1-11(2)9-5-4-8(10(11)6-9)7-14-15(3,12)13/h4,9-10H,5-7H2,1-3H3/t9-,10+/m0/s1. The van der Waals surface area contributed by atoms with E-state index in [-0.39, 0.29) is 6.61 Å². The minimum atomic E-state index is -3.31. The van der Waals surface area contributed by atoms with Gasteiger partial charge in [0.25, 0.3) is 10.1 Å². The summed E-state index contributed by atoms with van der Waals surface area (Å²) in [4.78, 5) is 0. The van der Waals surface area contributed by atoms with Crippen LogP contribution in [-0.2, 0) is 14.3 Å². The highest BCUT2D eigenvalue weighted by Gasteiger charge is 2.51. The van der Waals surface area contributed by atoms with Crippen LogP contribution >= 0.6 is 0 Å². The molecule has 15 heavy (non-hydrogen) atoms. The predicted octanol–water partition coefficient (Wildman–Crippen LogP) is 1.96. The molecule has 2 atom stereocenters. The second-order valence-electron chi connectivity index (χ2n) is 5.29. The molecule has 0 N–H and O–H groups in total. The van der Waals surface area contributed by atoms with Crippen molar-refractivity contribution < 1.29 is 12.6 Å². The van der Waals surface area contributed by atoms with E-state index in [1.165, 1.54) is 12.0 Å². The zero-order valence-electron chi connectivity index (χ0n) is 9.49. The van der Waals surface area contributed by atoms with Crippen LogP contribution in [0.3, 0.4) is 0 Å². The molecule has 0 aromatic carbocycles. The van der Waals surface area contributed by atoms with Gasteiger partial charge in [0.15, 0.2) is 0 Å². The summed E-state index contributed by atoms with van der Waals surface area (Å²) in [5, 5.41) is 0. The molecule has 3 aliphatic rings. The topological polar surface area (TPSA) is 43.4 Å². The summed E-state index contributed by atoms with van der Waals surface area (Å²) in [6.07, 6.45) is 5.54. The third-order valence-corrected chi connectivity index (χ3v) is 4.57. The van der Waals surface area contributed by atoms with E-state index in [9.17, 15) is 8.42 Å². The number of hydrogen-bond acceptors (Lipinski definition) is 3. The third-order valence-electron chi connectivity index (χ3n) is 4.02. The number of hydrogen-bond donors (Lipinski definition) is 0. The molecule has 0 radical (unpaired) electrons. The molecular weight excluding hydrogens is 212 g/mol. The monoisotopic (exact) mass is 230 g/mol. The van der Waals surface area contributed by atoms with Gasteiger partial charge in [-0.15, -0.1) is 0 Å². The van der Waals surface area contributed by atoms with Gasteiger partial charge in [-0.1, -0.05) is 19.9 Å². The largest absolute Gasteiger partial charge is 0.266 e. The van der Waals surface area contributed by atoms with Gasteiger partial charge in [0, 0.05) is 0 Å². The third kappa shape index (κ3) is 1.97. The summed E-state index contributed by atoms with van der Waals surface area (Å²) in [5.41, 5.74) is 1.51. The Morgan fingerprint density at radius 1 is 1.53 bits per heavy atom. The van der Waals surface area contributed by atoms with Gasteiger partial charge in [0.1, 0.15) is 0 Å². The van der Waals surface area contributed by atoms with E-state index in [4.69, 9.17) is 4.18 Å². The molecule has 0 aromatic heterocycles. The lowest BCUT2D eigenvalue weighted by Gasteiger charge is -2.56. The van der Waals surface area contributed by atoms with Crippen LogP contribution in [0, 0.1) is 17.3 Å². The van der Waals surface area contributed by atoms with Crippen molar-refractivity contribution in [3.8, 4) is 0 Å². The lowest BCUT2D eigenvalue weighted by Crippen LogP contribution is -2.48. The Balaban J connectivity index is 2.03. The summed E-state index contributed by atoms with van der Waals surface area (Å²) in [6.45, 7) is 4.78. The van der Waals surface area contributed by atoms with Gasteiger partial charge in [-0.3, -0.25) is 4.18 Å². The highest BCUT2D eigenvalue weighted by atomic mass is 32.2. The Labute approximate surface area is 91.6 Å². The van der Waals surface area contributed by atoms with E-state index in [1.54, 1.807) is 0 Å². The van der Waals surface area contributed by atoms with Crippen molar-refractivity contribution in [2.75, 3.05) is 12.9 Å². The fraction of sp³-hybridized carbons (Fsp3) is 0.818. The summed E-state index contributed by atoms with van der Waals surface area (Å²) < 4.78 is 26.7. The molecule has 0 aliphatic heterocycles. The van der Waals surface area contributed by atoms with Crippen molar-refractivity contribution in [3.63, 3.8) is 0 Å². The maximum absolute atomic E-state index is 10.9. The van der Waals surface area contributed by atoms with E-state index in [1.807, 2.05) is 0 Å². The highest BCUT2D eigenvalue weighted by molar-refractivity contribution is 7.85. The van der Waals surface area contributed by atoms with Crippen LogP contribution in [-0.4, -0.2) is 21.3 Å². The van der Waals surface area contributed by atoms with Gasteiger partial charge < -0.3 is 0 Å². The fourth-order valence-corrected chi connectivity index (χ4v) is 3.17. The van der Waals surface area contributed by atoms with Gasteiger partial charge in [0.05, 0.1) is 12.9 Å². The van der Waals surface area contributed by atoms with Crippen molar-refractivity contribution in [1.82, 2.24) is 0 Å². The van der Waals surface area contributed by atoms with Crippen molar-refractivity contribution in [2.24, 2.45) is 17.3 Å². The molecule has 1 fully saturated rings. The Morgan fingerprint density at radius 3 is 2.67 bits per heavy atom. The Bertz CT molecular complexity index is 392. The minimum absolute atomic E-state index is 0.250. The molecule has 4 heteroatoms. The minimum Gasteiger partial charge on any atom is -0.266 e. The molecule has 86 valence electrons. The molecule has 0 heterocycles. The van der Waals surface area contributed by atoms with Crippen LogP contribution in [0.2, 0.25) is 0 Å². The number of rotatable bonds is 3. The van der Waals surface area contributed by atoms with Crippen LogP contribution in [0.4, 0.5) is 0 Å². The second-order valence-corrected chi connectivity index (χ2v) is 6.93. The van der Waals surface area contributed by atoms with Gasteiger partial charge in [-0.25, -0.2) is 0 Å². The second kappa shape index (κ2) is 3.32. The van der Waals surface area contributed by atoms with Gasteiger partial charge in [-0.05, 0) is 35.7 Å². The first kappa shape index (κ1) is 11.1. The molecule has 3 nitrogen and oxygen atoms in total. The molecule has 0 unspecified atom stereocenters. The average Bonchev–Trinajstić information content (AvgIpc) is 2.13. The van der Waals surface area contributed by atoms with E-state index < -0.39 is 10.1 Å². The summed E-state index contributed by atoms with van der Waals surface area (Å²) in [5.74, 6) is 1.31. The molecule has 2 bridgehead atoms. The molecule has 1 saturated carbocycles. The van der Waals surface area contributed by atoms with Crippen LogP contribution < -0.4 is 0 Å². The number of allylic oxidation sites excluding steroid dienone is 1.